The van der Waals surface area contributed by atoms with Gasteiger partial charge in [-0.2, -0.15) is 0 Å². The monoisotopic (exact) mass is 220 g/mol. The lowest BCUT2D eigenvalue weighted by Crippen LogP contribution is -2.18. The van der Waals surface area contributed by atoms with Crippen LogP contribution >= 0.6 is 0 Å². The molecule has 0 amide bonds. The molecule has 5 heteroatoms. The lowest BCUT2D eigenvalue weighted by molar-refractivity contribution is 0.559. The Labute approximate surface area is 94.5 Å². The van der Waals surface area contributed by atoms with E-state index in [4.69, 9.17) is 4.42 Å². The number of rotatable bonds is 6. The van der Waals surface area contributed by atoms with Crippen molar-refractivity contribution in [3.63, 3.8) is 0 Å². The molecule has 0 unspecified atom stereocenters. The molecule has 2 rings (SSSR count). The molecule has 0 spiro atoms. The average molecular weight is 220 g/mol. The third-order valence-electron chi connectivity index (χ3n) is 2.47. The molecule has 0 aliphatic heterocycles. The van der Waals surface area contributed by atoms with Crippen LogP contribution in [0.15, 0.2) is 29.3 Å². The Morgan fingerprint density at radius 3 is 3.19 bits per heavy atom. The largest absolute Gasteiger partial charge is 0.472 e. The minimum Gasteiger partial charge on any atom is -0.472 e. The predicted octanol–water partition coefficient (Wildman–Crippen LogP) is 1.22. The number of hydrogen-bond acceptors (Lipinski definition) is 4. The topological polar surface area (TPSA) is 55.9 Å². The second kappa shape index (κ2) is 5.46. The fourth-order valence-electron chi connectivity index (χ4n) is 1.56. The molecule has 2 aromatic heterocycles. The first kappa shape index (κ1) is 10.9. The Hall–Kier alpha value is -1.62. The number of nitrogens with one attached hydrogen (secondary N) is 1. The van der Waals surface area contributed by atoms with E-state index in [0.717, 1.165) is 37.4 Å². The summed E-state index contributed by atoms with van der Waals surface area (Å²) in [6, 6.07) is 1.96. The van der Waals surface area contributed by atoms with Crippen molar-refractivity contribution in [3.8, 4) is 0 Å². The van der Waals surface area contributed by atoms with Crippen molar-refractivity contribution >= 4 is 0 Å². The summed E-state index contributed by atoms with van der Waals surface area (Å²) in [4.78, 5) is 0. The van der Waals surface area contributed by atoms with E-state index in [0.29, 0.717) is 0 Å². The summed E-state index contributed by atoms with van der Waals surface area (Å²) < 4.78 is 7.04. The standard InChI is InChI=1S/C11H16N4O/c1-2-15-9-13-14-11(15)3-5-12-7-10-4-6-16-8-10/h4,6,8-9,12H,2-3,5,7H2,1H3. The first-order valence-corrected chi connectivity index (χ1v) is 5.48. The quantitative estimate of drug-likeness (QED) is 0.744. The van der Waals surface area contributed by atoms with Gasteiger partial charge in [0, 0.05) is 31.6 Å². The Kier molecular flexibility index (Phi) is 3.71. The molecule has 0 fully saturated rings. The molecule has 16 heavy (non-hydrogen) atoms. The Bertz CT molecular complexity index is 407. The maximum Gasteiger partial charge on any atom is 0.134 e. The van der Waals surface area contributed by atoms with Crippen molar-refractivity contribution in [2.24, 2.45) is 0 Å². The van der Waals surface area contributed by atoms with Gasteiger partial charge < -0.3 is 14.3 Å². The lowest BCUT2D eigenvalue weighted by atomic mass is 10.3. The summed E-state index contributed by atoms with van der Waals surface area (Å²) >= 11 is 0. The third-order valence-corrected chi connectivity index (χ3v) is 2.47. The fourth-order valence-corrected chi connectivity index (χ4v) is 1.56. The van der Waals surface area contributed by atoms with E-state index in [-0.39, 0.29) is 0 Å². The summed E-state index contributed by atoms with van der Waals surface area (Å²) in [5.41, 5.74) is 1.16. The van der Waals surface area contributed by atoms with Crippen molar-refractivity contribution in [1.29, 1.82) is 0 Å². The van der Waals surface area contributed by atoms with E-state index < -0.39 is 0 Å². The summed E-state index contributed by atoms with van der Waals surface area (Å²) in [5.74, 6) is 1.03. The highest BCUT2D eigenvalue weighted by Crippen LogP contribution is 1.99. The van der Waals surface area contributed by atoms with Crippen LogP contribution in [-0.4, -0.2) is 21.3 Å². The molecular weight excluding hydrogens is 204 g/mol. The molecule has 0 radical (unpaired) electrons. The van der Waals surface area contributed by atoms with Crippen LogP contribution in [0.25, 0.3) is 0 Å². The molecular formula is C11H16N4O. The molecule has 1 N–H and O–H groups in total. The second-order valence-electron chi connectivity index (χ2n) is 3.59. The molecule has 0 saturated heterocycles. The number of aryl methyl sites for hydroxylation is 1. The number of hydrogen-bond donors (Lipinski definition) is 1. The zero-order chi connectivity index (χ0) is 11.2. The van der Waals surface area contributed by atoms with Gasteiger partial charge in [0.25, 0.3) is 0 Å². The Balaban J connectivity index is 1.72. The molecule has 5 nitrogen and oxygen atoms in total. The maximum atomic E-state index is 4.99. The highest BCUT2D eigenvalue weighted by molar-refractivity contribution is 5.04. The van der Waals surface area contributed by atoms with E-state index in [1.54, 1.807) is 18.9 Å². The molecule has 0 saturated carbocycles. The number of nitrogens with zero attached hydrogens (tertiary/aromatic N) is 3. The van der Waals surface area contributed by atoms with E-state index in [9.17, 15) is 0 Å². The van der Waals surface area contributed by atoms with Gasteiger partial charge in [-0.1, -0.05) is 0 Å². The highest BCUT2D eigenvalue weighted by Gasteiger charge is 2.01. The van der Waals surface area contributed by atoms with Crippen molar-refractivity contribution in [3.05, 3.63) is 36.3 Å². The molecule has 2 heterocycles. The van der Waals surface area contributed by atoms with Gasteiger partial charge in [-0.15, -0.1) is 10.2 Å². The Morgan fingerprint density at radius 2 is 2.44 bits per heavy atom. The molecule has 86 valence electrons. The van der Waals surface area contributed by atoms with Crippen LogP contribution in [0.5, 0.6) is 0 Å². The van der Waals surface area contributed by atoms with E-state index >= 15 is 0 Å². The predicted molar refractivity (Wildman–Crippen MR) is 59.8 cm³/mol. The zero-order valence-corrected chi connectivity index (χ0v) is 9.39. The van der Waals surface area contributed by atoms with Crippen molar-refractivity contribution in [2.75, 3.05) is 6.54 Å². The van der Waals surface area contributed by atoms with Crippen LogP contribution in [0.2, 0.25) is 0 Å². The van der Waals surface area contributed by atoms with Crippen molar-refractivity contribution in [2.45, 2.75) is 26.4 Å². The van der Waals surface area contributed by atoms with Crippen molar-refractivity contribution in [1.82, 2.24) is 20.1 Å². The minimum atomic E-state index is 0.830. The molecule has 0 aliphatic rings. The molecule has 0 aliphatic carbocycles. The van der Waals surface area contributed by atoms with Crippen LogP contribution in [0, 0.1) is 0 Å². The fraction of sp³-hybridized carbons (Fsp3) is 0.455. The van der Waals surface area contributed by atoms with Gasteiger partial charge in [0.2, 0.25) is 0 Å². The van der Waals surface area contributed by atoms with Gasteiger partial charge in [0.15, 0.2) is 0 Å². The van der Waals surface area contributed by atoms with Crippen LogP contribution < -0.4 is 5.32 Å². The lowest BCUT2D eigenvalue weighted by Gasteiger charge is -2.04. The van der Waals surface area contributed by atoms with Gasteiger partial charge >= 0.3 is 0 Å². The molecule has 2 aromatic rings. The molecule has 0 atom stereocenters. The van der Waals surface area contributed by atoms with Crippen LogP contribution in [-0.2, 0) is 19.5 Å². The van der Waals surface area contributed by atoms with E-state index in [1.807, 2.05) is 6.07 Å². The summed E-state index contributed by atoms with van der Waals surface area (Å²) in [6.45, 7) is 4.73. The maximum absolute atomic E-state index is 4.99. The van der Waals surface area contributed by atoms with Gasteiger partial charge in [-0.25, -0.2) is 0 Å². The normalized spacial score (nSPS) is 10.8. The molecule has 0 aromatic carbocycles. The number of aromatic nitrogens is 3. The second-order valence-corrected chi connectivity index (χ2v) is 3.59. The summed E-state index contributed by atoms with van der Waals surface area (Å²) in [6.07, 6.45) is 6.10. The van der Waals surface area contributed by atoms with E-state index in [2.05, 4.69) is 27.0 Å². The first-order valence-electron chi connectivity index (χ1n) is 5.48. The van der Waals surface area contributed by atoms with Gasteiger partial charge in [0.05, 0.1) is 12.5 Å². The Morgan fingerprint density at radius 1 is 1.50 bits per heavy atom. The SMILES string of the molecule is CCn1cnnc1CCNCc1ccoc1. The minimum absolute atomic E-state index is 0.830. The third kappa shape index (κ3) is 2.70. The smallest absolute Gasteiger partial charge is 0.134 e. The van der Waals surface area contributed by atoms with Crippen molar-refractivity contribution < 1.29 is 4.42 Å². The van der Waals surface area contributed by atoms with Crippen LogP contribution in [0.4, 0.5) is 0 Å². The average Bonchev–Trinajstić information content (AvgIpc) is 2.95. The van der Waals surface area contributed by atoms with Gasteiger partial charge in [-0.05, 0) is 13.0 Å². The number of furan rings is 1. The first-order chi connectivity index (χ1) is 7.90. The summed E-state index contributed by atoms with van der Waals surface area (Å²) in [5, 5.41) is 11.3. The van der Waals surface area contributed by atoms with Crippen LogP contribution in [0.3, 0.4) is 0 Å². The van der Waals surface area contributed by atoms with Crippen LogP contribution in [0.1, 0.15) is 18.3 Å². The zero-order valence-electron chi connectivity index (χ0n) is 9.39. The van der Waals surface area contributed by atoms with Gasteiger partial charge in [-0.3, -0.25) is 0 Å². The van der Waals surface area contributed by atoms with E-state index in [1.165, 1.54) is 0 Å². The van der Waals surface area contributed by atoms with Gasteiger partial charge in [0.1, 0.15) is 12.2 Å². The molecule has 0 bridgehead atoms. The summed E-state index contributed by atoms with van der Waals surface area (Å²) in [7, 11) is 0. The highest BCUT2D eigenvalue weighted by atomic mass is 16.3.